The summed E-state index contributed by atoms with van der Waals surface area (Å²) in [6.45, 7) is 16.1. The molecule has 3 unspecified atom stereocenters. The number of aromatic nitrogens is 2. The number of nitrogens with zero attached hydrogens (tertiary/aromatic N) is 4. The van der Waals surface area contributed by atoms with Crippen LogP contribution in [0.1, 0.15) is 97.2 Å². The summed E-state index contributed by atoms with van der Waals surface area (Å²) in [6, 6.07) is 9.98. The molecule has 5 fully saturated rings. The van der Waals surface area contributed by atoms with E-state index in [1.165, 1.54) is 13.2 Å². The largest absolute Gasteiger partial charge is 0.468 e. The first-order valence-corrected chi connectivity index (χ1v) is 25.7. The van der Waals surface area contributed by atoms with E-state index in [0.717, 1.165) is 32.2 Å². The molecule has 1 N–H and O–H groups in total. The van der Waals surface area contributed by atoms with E-state index in [4.69, 9.17) is 33.7 Å². The predicted molar refractivity (Wildman–Crippen MR) is 246 cm³/mol. The molecule has 0 radical (unpaired) electrons. The van der Waals surface area contributed by atoms with Gasteiger partial charge < -0.3 is 29.0 Å². The molecule has 5 saturated heterocycles. The number of methoxy groups -OCH3 is 1. The van der Waals surface area contributed by atoms with Crippen LogP contribution in [0.25, 0.3) is 32.8 Å². The minimum Gasteiger partial charge on any atom is -0.468 e. The zero-order chi connectivity index (χ0) is 45.8. The molecule has 6 heterocycles. The van der Waals surface area contributed by atoms with Crippen molar-refractivity contribution in [2.45, 2.75) is 133 Å². The van der Waals surface area contributed by atoms with Gasteiger partial charge in [0.05, 0.1) is 29.3 Å². The van der Waals surface area contributed by atoms with Gasteiger partial charge in [0.1, 0.15) is 37.9 Å². The summed E-state index contributed by atoms with van der Waals surface area (Å²) in [4.78, 5) is 27.5. The monoisotopic (exact) mass is 913 g/mol. The summed E-state index contributed by atoms with van der Waals surface area (Å²) in [5.74, 6) is 1.99. The number of rotatable bonds is 12. The lowest BCUT2D eigenvalue weighted by Crippen LogP contribution is -2.54. The predicted octanol–water partition coefficient (Wildman–Crippen LogP) is 9.64. The first kappa shape index (κ1) is 45.7. The van der Waals surface area contributed by atoms with Gasteiger partial charge >= 0.3 is 12.1 Å². The van der Waals surface area contributed by atoms with Crippen molar-refractivity contribution >= 4 is 35.8 Å². The Hall–Kier alpha value is -4.46. The van der Waals surface area contributed by atoms with Gasteiger partial charge in [0, 0.05) is 61.6 Å². The van der Waals surface area contributed by atoms with Gasteiger partial charge in [-0.2, -0.15) is 9.97 Å². The standard InChI is InChI=1S/C50H62F3N5O6Si/c1-29(2)65(30(3)4,31(5)6)20-16-38-42(52)14-9-32-21-36(63-28-60-7)22-41(43(32)38)37-12-13-39-45(40-15-19-61-47(40)64-49(59)58-34-10-11-35(58)25-54-24-34)55-48(56-46(39)44(37)53)62-27-50-17-8-18-57(50)26-33(51)23-50/h9,12-14,21-22,29-31,33-35,40,47,54H,8,10-11,15,17-19,23-28H2,1-7H3/t33-,34?,35?,40?,47+,50+/m1/s1. The van der Waals surface area contributed by atoms with E-state index in [9.17, 15) is 9.18 Å². The van der Waals surface area contributed by atoms with Crippen LogP contribution in [-0.4, -0.2) is 117 Å². The lowest BCUT2D eigenvalue weighted by molar-refractivity contribution is -0.0902. The van der Waals surface area contributed by atoms with Crippen LogP contribution in [0.5, 0.6) is 11.8 Å². The highest BCUT2D eigenvalue weighted by atomic mass is 28.3. The second kappa shape index (κ2) is 18.3. The summed E-state index contributed by atoms with van der Waals surface area (Å²) >= 11 is 0. The van der Waals surface area contributed by atoms with Crippen LogP contribution in [0, 0.1) is 23.1 Å². The Morgan fingerprint density at radius 3 is 2.46 bits per heavy atom. The highest BCUT2D eigenvalue weighted by Crippen LogP contribution is 2.45. The molecule has 0 saturated carbocycles. The van der Waals surface area contributed by atoms with E-state index >= 15 is 8.78 Å². The number of piperazine rings is 1. The van der Waals surface area contributed by atoms with Crippen molar-refractivity contribution in [3.05, 3.63) is 59.3 Å². The Balaban J connectivity index is 1.19. The molecule has 1 amide bonds. The average molecular weight is 914 g/mol. The highest BCUT2D eigenvalue weighted by Gasteiger charge is 2.50. The minimum absolute atomic E-state index is 0.0264. The molecule has 5 aliphatic rings. The number of fused-ring (bicyclic) bond motifs is 5. The van der Waals surface area contributed by atoms with Crippen LogP contribution in [0.15, 0.2) is 36.4 Å². The van der Waals surface area contributed by atoms with Gasteiger partial charge in [0.2, 0.25) is 6.29 Å². The molecule has 9 rings (SSSR count). The molecule has 1 aromatic heterocycles. The van der Waals surface area contributed by atoms with Crippen molar-refractivity contribution in [3.63, 3.8) is 0 Å². The average Bonchev–Trinajstić information content (AvgIpc) is 4.03. The number of halogens is 3. The summed E-state index contributed by atoms with van der Waals surface area (Å²) in [5.41, 5.74) is 5.18. The van der Waals surface area contributed by atoms with E-state index in [1.807, 2.05) is 4.90 Å². The third-order valence-electron chi connectivity index (χ3n) is 15.2. The molecule has 0 spiro atoms. The molecule has 3 aromatic carbocycles. The number of benzene rings is 3. The second-order valence-electron chi connectivity index (χ2n) is 19.7. The van der Waals surface area contributed by atoms with Crippen LogP contribution in [0.4, 0.5) is 18.0 Å². The summed E-state index contributed by atoms with van der Waals surface area (Å²) < 4.78 is 79.1. The van der Waals surface area contributed by atoms with Crippen LogP contribution in [0.3, 0.4) is 0 Å². The quantitative estimate of drug-likeness (QED) is 0.0839. The number of amides is 1. The summed E-state index contributed by atoms with van der Waals surface area (Å²) in [5, 5.41) is 4.86. The van der Waals surface area contributed by atoms with Crippen LogP contribution in [0.2, 0.25) is 16.6 Å². The maximum Gasteiger partial charge on any atom is 0.412 e. The molecular formula is C50H62F3N5O6Si. The molecule has 65 heavy (non-hydrogen) atoms. The first-order chi connectivity index (χ1) is 31.2. The third-order valence-corrected chi connectivity index (χ3v) is 21.5. The van der Waals surface area contributed by atoms with Crippen LogP contribution in [-0.2, 0) is 14.2 Å². The van der Waals surface area contributed by atoms with Gasteiger partial charge in [0.15, 0.2) is 12.6 Å². The van der Waals surface area contributed by atoms with Crippen molar-refractivity contribution in [1.29, 1.82) is 0 Å². The fourth-order valence-corrected chi connectivity index (χ4v) is 17.3. The fourth-order valence-electron chi connectivity index (χ4n) is 12.1. The number of hydrogen-bond acceptors (Lipinski definition) is 10. The van der Waals surface area contributed by atoms with E-state index < -0.39 is 49.7 Å². The van der Waals surface area contributed by atoms with Crippen molar-refractivity contribution in [2.24, 2.45) is 0 Å². The Morgan fingerprint density at radius 2 is 1.74 bits per heavy atom. The van der Waals surface area contributed by atoms with E-state index in [-0.39, 0.29) is 48.1 Å². The first-order valence-electron chi connectivity index (χ1n) is 23.5. The number of carbonyl (C=O) groups excluding carboxylic acids is 1. The van der Waals surface area contributed by atoms with Crippen molar-refractivity contribution < 1.29 is 41.7 Å². The molecule has 11 nitrogen and oxygen atoms in total. The second-order valence-corrected chi connectivity index (χ2v) is 25.3. The highest BCUT2D eigenvalue weighted by molar-refractivity contribution is 6.90. The maximum atomic E-state index is 18.0. The van der Waals surface area contributed by atoms with Crippen LogP contribution < -0.4 is 14.8 Å². The molecular weight excluding hydrogens is 852 g/mol. The zero-order valence-corrected chi connectivity index (χ0v) is 39.6. The van der Waals surface area contributed by atoms with Crippen molar-refractivity contribution in [2.75, 3.05) is 53.3 Å². The molecule has 0 aliphatic carbocycles. The van der Waals surface area contributed by atoms with Crippen LogP contribution >= 0.6 is 0 Å². The molecule has 6 atom stereocenters. The number of alkyl halides is 1. The fraction of sp³-hybridized carbons (Fsp3) is 0.580. The van der Waals surface area contributed by atoms with Gasteiger partial charge in [-0.15, -0.1) is 5.54 Å². The number of carbonyl (C=O) groups is 1. The maximum absolute atomic E-state index is 18.0. The summed E-state index contributed by atoms with van der Waals surface area (Å²) in [6.07, 6.45) is 1.86. The van der Waals surface area contributed by atoms with E-state index in [0.29, 0.717) is 88.9 Å². The lowest BCUT2D eigenvalue weighted by Gasteiger charge is -2.38. The Labute approximate surface area is 381 Å². The van der Waals surface area contributed by atoms with Crippen molar-refractivity contribution in [1.82, 2.24) is 25.1 Å². The Bertz CT molecular complexity index is 2480. The van der Waals surface area contributed by atoms with E-state index in [2.05, 4.69) is 63.2 Å². The zero-order valence-electron chi connectivity index (χ0n) is 38.6. The van der Waals surface area contributed by atoms with Gasteiger partial charge in [-0.25, -0.2) is 18.0 Å². The van der Waals surface area contributed by atoms with Gasteiger partial charge in [0.25, 0.3) is 0 Å². The Morgan fingerprint density at radius 1 is 0.985 bits per heavy atom. The van der Waals surface area contributed by atoms with E-state index in [1.54, 1.807) is 30.3 Å². The normalized spacial score (nSPS) is 25.6. The summed E-state index contributed by atoms with van der Waals surface area (Å²) in [7, 11) is -0.808. The van der Waals surface area contributed by atoms with Gasteiger partial charge in [-0.1, -0.05) is 65.7 Å². The molecule has 348 valence electrons. The van der Waals surface area contributed by atoms with Gasteiger partial charge in [-0.05, 0) is 84.4 Å². The number of nitrogens with one attached hydrogen (secondary N) is 1. The lowest BCUT2D eigenvalue weighted by atomic mass is 9.92. The Kier molecular flexibility index (Phi) is 12.9. The topological polar surface area (TPSA) is 108 Å². The molecule has 15 heteroatoms. The number of hydrogen-bond donors (Lipinski definition) is 1. The molecule has 2 bridgehead atoms. The molecule has 5 aliphatic heterocycles. The minimum atomic E-state index is -2.32. The molecule has 4 aromatic rings. The SMILES string of the molecule is COCOc1cc(-c2ccc3c(C4CCO[C@H]4OC(=O)N4C5CCC4CNC5)nc(OC[C@@]45CCCN4C[C@H](F)C5)nc3c2F)c2c(C#C[Si](C(C)C)(C(C)C)C(C)C)c(F)ccc2c1. The van der Waals surface area contributed by atoms with Gasteiger partial charge in [-0.3, -0.25) is 9.80 Å². The number of ether oxygens (including phenoxy) is 5. The third kappa shape index (κ3) is 8.25. The smallest absolute Gasteiger partial charge is 0.412 e. The van der Waals surface area contributed by atoms with Crippen molar-refractivity contribution in [3.8, 4) is 34.4 Å².